The SMILES string of the molecule is COc1c(Cl)cccc1NC=C(C#N)C#N. The Labute approximate surface area is 98.3 Å². The number of methoxy groups -OCH3 is 1. The predicted octanol–water partition coefficient (Wildman–Crippen LogP) is 2.69. The number of halogens is 1. The van der Waals surface area contributed by atoms with E-state index in [1.807, 2.05) is 0 Å². The first-order chi connectivity index (χ1) is 7.72. The van der Waals surface area contributed by atoms with E-state index in [9.17, 15) is 0 Å². The summed E-state index contributed by atoms with van der Waals surface area (Å²) in [6.45, 7) is 0. The minimum Gasteiger partial charge on any atom is -0.493 e. The minimum atomic E-state index is -0.0259. The third kappa shape index (κ3) is 2.66. The molecule has 0 aromatic heterocycles. The molecule has 5 heteroatoms. The van der Waals surface area contributed by atoms with Gasteiger partial charge in [0.1, 0.15) is 17.7 Å². The van der Waals surface area contributed by atoms with E-state index in [0.29, 0.717) is 16.5 Å². The molecule has 4 nitrogen and oxygen atoms in total. The molecular formula is C11H8ClN3O. The summed E-state index contributed by atoms with van der Waals surface area (Å²) in [6.07, 6.45) is 1.30. The molecule has 0 radical (unpaired) electrons. The Balaban J connectivity index is 3.00. The van der Waals surface area contributed by atoms with E-state index in [4.69, 9.17) is 26.9 Å². The van der Waals surface area contributed by atoms with E-state index < -0.39 is 0 Å². The molecule has 0 saturated heterocycles. The molecule has 0 unspecified atom stereocenters. The summed E-state index contributed by atoms with van der Waals surface area (Å²) in [4.78, 5) is 0. The predicted molar refractivity (Wildman–Crippen MR) is 60.9 cm³/mol. The first kappa shape index (κ1) is 11.9. The van der Waals surface area contributed by atoms with Crippen molar-refractivity contribution in [2.45, 2.75) is 0 Å². The standard InChI is InChI=1S/C11H8ClN3O/c1-16-11-9(12)3-2-4-10(11)15-7-8(5-13)6-14/h2-4,7,15H,1H3. The molecule has 1 rings (SSSR count). The fourth-order valence-electron chi connectivity index (χ4n) is 1.07. The van der Waals surface area contributed by atoms with Crippen molar-refractivity contribution < 1.29 is 4.74 Å². The summed E-state index contributed by atoms with van der Waals surface area (Å²) in [6, 6.07) is 8.63. The molecule has 0 heterocycles. The molecular weight excluding hydrogens is 226 g/mol. The fourth-order valence-corrected chi connectivity index (χ4v) is 1.32. The van der Waals surface area contributed by atoms with Gasteiger partial charge in [-0.15, -0.1) is 0 Å². The van der Waals surface area contributed by atoms with Crippen molar-refractivity contribution in [3.8, 4) is 17.9 Å². The molecule has 0 atom stereocenters. The van der Waals surface area contributed by atoms with E-state index in [-0.39, 0.29) is 5.57 Å². The molecule has 0 saturated carbocycles. The molecule has 0 aliphatic carbocycles. The topological polar surface area (TPSA) is 68.8 Å². The second kappa shape index (κ2) is 5.65. The van der Waals surface area contributed by atoms with Gasteiger partial charge in [0, 0.05) is 6.20 Å². The highest BCUT2D eigenvalue weighted by molar-refractivity contribution is 6.32. The Bertz CT molecular complexity index is 481. The number of hydrogen-bond acceptors (Lipinski definition) is 4. The number of rotatable bonds is 3. The Morgan fingerprint density at radius 2 is 2.12 bits per heavy atom. The van der Waals surface area contributed by atoms with Crippen LogP contribution < -0.4 is 10.1 Å². The summed E-state index contributed by atoms with van der Waals surface area (Å²) in [5.41, 5.74) is 0.569. The van der Waals surface area contributed by atoms with Crippen molar-refractivity contribution in [2.75, 3.05) is 12.4 Å². The Kier molecular flexibility index (Phi) is 4.20. The molecule has 0 aliphatic rings. The van der Waals surface area contributed by atoms with Crippen molar-refractivity contribution in [3.05, 3.63) is 35.0 Å². The van der Waals surface area contributed by atoms with Crippen molar-refractivity contribution in [2.24, 2.45) is 0 Å². The number of allylic oxidation sites excluding steroid dienone is 1. The van der Waals surface area contributed by atoms with Gasteiger partial charge in [-0.05, 0) is 12.1 Å². The number of nitrogens with one attached hydrogen (secondary N) is 1. The number of anilines is 1. The van der Waals surface area contributed by atoms with Gasteiger partial charge in [0.25, 0.3) is 0 Å². The fraction of sp³-hybridized carbons (Fsp3) is 0.0909. The van der Waals surface area contributed by atoms with E-state index >= 15 is 0 Å². The molecule has 0 aliphatic heterocycles. The first-order valence-corrected chi connectivity index (χ1v) is 4.70. The maximum atomic E-state index is 8.55. The lowest BCUT2D eigenvalue weighted by Gasteiger charge is -2.09. The van der Waals surface area contributed by atoms with Crippen LogP contribution in [0.25, 0.3) is 0 Å². The third-order valence-electron chi connectivity index (χ3n) is 1.78. The molecule has 0 amide bonds. The van der Waals surface area contributed by atoms with Crippen LogP contribution >= 0.6 is 11.6 Å². The van der Waals surface area contributed by atoms with Gasteiger partial charge < -0.3 is 10.1 Å². The van der Waals surface area contributed by atoms with Crippen molar-refractivity contribution in [3.63, 3.8) is 0 Å². The zero-order valence-corrected chi connectivity index (χ0v) is 9.25. The second-order valence-electron chi connectivity index (χ2n) is 2.75. The zero-order chi connectivity index (χ0) is 12.0. The monoisotopic (exact) mass is 233 g/mol. The largest absolute Gasteiger partial charge is 0.493 e. The lowest BCUT2D eigenvalue weighted by Crippen LogP contribution is -1.94. The lowest BCUT2D eigenvalue weighted by molar-refractivity contribution is 0.417. The van der Waals surface area contributed by atoms with E-state index in [1.165, 1.54) is 13.3 Å². The van der Waals surface area contributed by atoms with E-state index in [1.54, 1.807) is 30.3 Å². The van der Waals surface area contributed by atoms with Crippen LogP contribution in [-0.2, 0) is 0 Å². The van der Waals surface area contributed by atoms with Gasteiger partial charge in [-0.25, -0.2) is 0 Å². The number of ether oxygens (including phenoxy) is 1. The quantitative estimate of drug-likeness (QED) is 0.815. The average molecular weight is 234 g/mol. The molecule has 16 heavy (non-hydrogen) atoms. The molecule has 1 aromatic rings. The first-order valence-electron chi connectivity index (χ1n) is 4.32. The summed E-state index contributed by atoms with van der Waals surface area (Å²) < 4.78 is 5.09. The summed E-state index contributed by atoms with van der Waals surface area (Å²) >= 11 is 5.90. The van der Waals surface area contributed by atoms with Crippen LogP contribution in [0.3, 0.4) is 0 Å². The average Bonchev–Trinajstić information content (AvgIpc) is 2.30. The van der Waals surface area contributed by atoms with Crippen LogP contribution in [0.15, 0.2) is 30.0 Å². The number of hydrogen-bond donors (Lipinski definition) is 1. The van der Waals surface area contributed by atoms with E-state index in [2.05, 4.69) is 5.32 Å². The molecule has 0 spiro atoms. The van der Waals surface area contributed by atoms with Crippen LogP contribution in [0.2, 0.25) is 5.02 Å². The molecule has 1 aromatic carbocycles. The van der Waals surface area contributed by atoms with Crippen LogP contribution in [0.5, 0.6) is 5.75 Å². The molecule has 0 bridgehead atoms. The van der Waals surface area contributed by atoms with Crippen molar-refractivity contribution in [1.82, 2.24) is 0 Å². The van der Waals surface area contributed by atoms with Crippen molar-refractivity contribution in [1.29, 1.82) is 10.5 Å². The number of nitriles is 2. The number of nitrogens with zero attached hydrogens (tertiary/aromatic N) is 2. The Morgan fingerprint density at radius 3 is 2.69 bits per heavy atom. The van der Waals surface area contributed by atoms with Crippen LogP contribution in [0, 0.1) is 22.7 Å². The Hall–Kier alpha value is -2.17. The molecule has 1 N–H and O–H groups in total. The van der Waals surface area contributed by atoms with Gasteiger partial charge in [-0.2, -0.15) is 10.5 Å². The van der Waals surface area contributed by atoms with Gasteiger partial charge in [0.15, 0.2) is 5.75 Å². The second-order valence-corrected chi connectivity index (χ2v) is 3.15. The van der Waals surface area contributed by atoms with Crippen LogP contribution in [0.1, 0.15) is 0 Å². The van der Waals surface area contributed by atoms with Crippen LogP contribution in [-0.4, -0.2) is 7.11 Å². The number of benzene rings is 1. The molecule has 0 fully saturated rings. The van der Waals surface area contributed by atoms with Gasteiger partial charge in [-0.3, -0.25) is 0 Å². The zero-order valence-electron chi connectivity index (χ0n) is 8.49. The highest BCUT2D eigenvalue weighted by Gasteiger charge is 2.05. The van der Waals surface area contributed by atoms with Crippen LogP contribution in [0.4, 0.5) is 5.69 Å². The summed E-state index contributed by atoms with van der Waals surface area (Å²) in [5.74, 6) is 0.468. The highest BCUT2D eigenvalue weighted by Crippen LogP contribution is 2.32. The van der Waals surface area contributed by atoms with Gasteiger partial charge in [-0.1, -0.05) is 17.7 Å². The maximum absolute atomic E-state index is 8.55. The summed E-state index contributed by atoms with van der Waals surface area (Å²) in [7, 11) is 1.49. The Morgan fingerprint density at radius 1 is 1.44 bits per heavy atom. The summed E-state index contributed by atoms with van der Waals surface area (Å²) in [5, 5.41) is 20.3. The smallest absolute Gasteiger partial charge is 0.160 e. The van der Waals surface area contributed by atoms with Gasteiger partial charge in [0.05, 0.1) is 17.8 Å². The van der Waals surface area contributed by atoms with Crippen molar-refractivity contribution >= 4 is 17.3 Å². The highest BCUT2D eigenvalue weighted by atomic mass is 35.5. The maximum Gasteiger partial charge on any atom is 0.160 e. The van der Waals surface area contributed by atoms with Gasteiger partial charge in [0.2, 0.25) is 0 Å². The van der Waals surface area contributed by atoms with E-state index in [0.717, 1.165) is 0 Å². The third-order valence-corrected chi connectivity index (χ3v) is 2.08. The van der Waals surface area contributed by atoms with Gasteiger partial charge >= 0.3 is 0 Å². The molecule has 80 valence electrons. The normalized spacial score (nSPS) is 8.50. The minimum absolute atomic E-state index is 0.0259. The number of para-hydroxylation sites is 1. The lowest BCUT2D eigenvalue weighted by atomic mass is 10.3.